The van der Waals surface area contributed by atoms with E-state index >= 15 is 0 Å². The molecule has 8 aromatic rings. The van der Waals surface area contributed by atoms with Gasteiger partial charge in [0.05, 0.1) is 29.4 Å². The van der Waals surface area contributed by atoms with Gasteiger partial charge in [-0.3, -0.25) is 18.7 Å². The lowest BCUT2D eigenvalue weighted by Crippen LogP contribution is -2.31. The number of halogens is 1. The maximum Gasteiger partial charge on any atom is 0.258 e. The first-order valence-electron chi connectivity index (χ1n) is 22.7. The number of rotatable bonds is 14. The normalized spacial score (nSPS) is 12.8. The van der Waals surface area contributed by atoms with E-state index in [-0.39, 0.29) is 6.61 Å². The fraction of sp³-hybridized carbons (Fsp3) is 0.107. The zero-order valence-electron chi connectivity index (χ0n) is 37.9. The molecule has 10 rings (SSSR count). The molecule has 0 fully saturated rings. The summed E-state index contributed by atoms with van der Waals surface area (Å²) in [7, 11) is -2.20. The molecule has 69 heavy (non-hydrogen) atoms. The molecule has 0 saturated heterocycles. The highest BCUT2D eigenvalue weighted by atomic mass is 35.7. The molecule has 0 spiro atoms. The molecule has 8 aromatic carbocycles. The Morgan fingerprint density at radius 2 is 0.855 bits per heavy atom. The third-order valence-corrected chi connectivity index (χ3v) is 15.9. The number of fused-ring (bicyclic) bond motifs is 2. The molecule has 8 nitrogen and oxygen atoms in total. The minimum Gasteiger partial charge on any atom is -0.396 e. The number of nitrogens with zero attached hydrogens (tertiary/aromatic N) is 4. The van der Waals surface area contributed by atoms with Crippen molar-refractivity contribution in [2.75, 3.05) is 43.8 Å². The highest BCUT2D eigenvalue weighted by molar-refractivity contribution is 7.87. The van der Waals surface area contributed by atoms with Gasteiger partial charge in [-0.15, -0.1) is 0 Å². The van der Waals surface area contributed by atoms with Crippen molar-refractivity contribution in [1.29, 1.82) is 0 Å². The van der Waals surface area contributed by atoms with E-state index in [1.807, 2.05) is 97.1 Å². The summed E-state index contributed by atoms with van der Waals surface area (Å²) in [6.07, 6.45) is 2.49. The van der Waals surface area contributed by atoms with E-state index in [9.17, 15) is 0 Å². The maximum atomic E-state index is 8.62. The van der Waals surface area contributed by atoms with Gasteiger partial charge in [-0.05, 0) is 132 Å². The molecular weight excluding hydrogens is 950 g/mol. The summed E-state index contributed by atoms with van der Waals surface area (Å²) in [6.45, 7) is 1.33. The summed E-state index contributed by atoms with van der Waals surface area (Å²) in [5.41, 5.74) is 11.2. The SMILES string of the molecule is ClP1N(c2ccccc2)c2ccccc2N1c1ccccc1.OCCCC(=S)Cc1ccccc1.S=C(NCCOP1N(c2ccccc2)c2ccccc2N1c1ccccc1)Nc1ccccc1. The molecule has 348 valence electrons. The number of hydrogen-bond donors (Lipinski definition) is 3. The lowest BCUT2D eigenvalue weighted by atomic mass is 10.1. The number of aliphatic hydroxyl groups excluding tert-OH is 1. The standard InChI is InChI=1S/C27H25N4OPS.C18H14ClN2P.C11H14OS/c34-27(29-22-12-4-1-5-13-22)28-20-21-32-33-30(23-14-6-2-7-15-23)25-18-10-11-19-26(25)31(33)24-16-8-3-9-17-24;19-22-20(15-9-3-1-4-10-15)17-13-7-8-14-18(17)21(22)16-11-5-2-6-12-16;12-8-4-7-11(13)9-10-5-2-1-3-6-10/h1-19H,20-21H2,(H2,28,29,34);1-14H;1-3,5-6,12H,4,7-9H2. The van der Waals surface area contributed by atoms with Gasteiger partial charge in [-0.1, -0.05) is 158 Å². The van der Waals surface area contributed by atoms with Gasteiger partial charge in [0.25, 0.3) is 8.45 Å². The summed E-state index contributed by atoms with van der Waals surface area (Å²) in [5.74, 6) is 0. The van der Waals surface area contributed by atoms with Crippen LogP contribution in [0.4, 0.5) is 51.2 Å². The van der Waals surface area contributed by atoms with Crippen molar-refractivity contribution in [1.82, 2.24) is 5.32 Å². The largest absolute Gasteiger partial charge is 0.396 e. The van der Waals surface area contributed by atoms with Crippen LogP contribution in [0.1, 0.15) is 18.4 Å². The van der Waals surface area contributed by atoms with E-state index < -0.39 is 16.0 Å². The van der Waals surface area contributed by atoms with Gasteiger partial charge >= 0.3 is 0 Å². The Labute approximate surface area is 424 Å². The van der Waals surface area contributed by atoms with Gasteiger partial charge in [-0.2, -0.15) is 0 Å². The highest BCUT2D eigenvalue weighted by Crippen LogP contribution is 2.68. The Balaban J connectivity index is 0.000000156. The Bertz CT molecular complexity index is 2700. The Morgan fingerprint density at radius 1 is 0.493 bits per heavy atom. The molecule has 3 N–H and O–H groups in total. The first-order chi connectivity index (χ1) is 34.0. The van der Waals surface area contributed by atoms with Crippen molar-refractivity contribution in [3.63, 3.8) is 0 Å². The lowest BCUT2D eigenvalue weighted by Gasteiger charge is -2.31. The first kappa shape index (κ1) is 49.2. The average molecular weight is 1000 g/mol. The smallest absolute Gasteiger partial charge is 0.258 e. The van der Waals surface area contributed by atoms with Crippen molar-refractivity contribution in [2.45, 2.75) is 19.3 Å². The predicted molar refractivity (Wildman–Crippen MR) is 303 cm³/mol. The maximum absolute atomic E-state index is 8.62. The van der Waals surface area contributed by atoms with E-state index in [0.717, 1.165) is 75.3 Å². The molecule has 0 radical (unpaired) electrons. The molecule has 13 heteroatoms. The zero-order valence-corrected chi connectivity index (χ0v) is 42.1. The van der Waals surface area contributed by atoms with Gasteiger partial charge in [0.2, 0.25) is 7.58 Å². The molecule has 0 atom stereocenters. The van der Waals surface area contributed by atoms with Crippen LogP contribution in [0.3, 0.4) is 0 Å². The second-order valence-electron chi connectivity index (χ2n) is 15.7. The minimum atomic E-state index is -1.17. The summed E-state index contributed by atoms with van der Waals surface area (Å²) in [4.78, 5) is 1.03. The lowest BCUT2D eigenvalue weighted by molar-refractivity contribution is 0.291. The van der Waals surface area contributed by atoms with E-state index in [4.69, 9.17) is 45.3 Å². The van der Waals surface area contributed by atoms with Crippen LogP contribution in [0.15, 0.2) is 231 Å². The van der Waals surface area contributed by atoms with Crippen LogP contribution in [-0.2, 0) is 10.9 Å². The third kappa shape index (κ3) is 12.9. The number of hydrogen-bond acceptors (Lipinski definition) is 8. The van der Waals surface area contributed by atoms with Crippen LogP contribution < -0.4 is 29.3 Å². The van der Waals surface area contributed by atoms with Crippen molar-refractivity contribution in [3.05, 3.63) is 236 Å². The highest BCUT2D eigenvalue weighted by Gasteiger charge is 2.40. The van der Waals surface area contributed by atoms with Crippen molar-refractivity contribution >= 4 is 113 Å². The molecule has 2 aliphatic rings. The zero-order chi connectivity index (χ0) is 47.6. The summed E-state index contributed by atoms with van der Waals surface area (Å²) in [5, 5.41) is 15.7. The van der Waals surface area contributed by atoms with Gasteiger partial charge in [0.15, 0.2) is 5.11 Å². The predicted octanol–water partition coefficient (Wildman–Crippen LogP) is 16.0. The summed E-state index contributed by atoms with van der Waals surface area (Å²) >= 11 is 17.5. The fourth-order valence-corrected chi connectivity index (χ4v) is 12.8. The third-order valence-electron chi connectivity index (χ3n) is 10.8. The van der Waals surface area contributed by atoms with E-state index in [1.54, 1.807) is 0 Å². The molecule has 0 bridgehead atoms. The van der Waals surface area contributed by atoms with Gasteiger partial charge < -0.3 is 20.3 Å². The monoisotopic (exact) mass is 1000 g/mol. The van der Waals surface area contributed by atoms with Gasteiger partial charge in [0.1, 0.15) is 0 Å². The number of aliphatic hydroxyl groups is 1. The van der Waals surface area contributed by atoms with Crippen molar-refractivity contribution in [3.8, 4) is 0 Å². The Kier molecular flexibility index (Phi) is 18.1. The fourth-order valence-electron chi connectivity index (χ4n) is 7.70. The second-order valence-corrected chi connectivity index (χ2v) is 20.4. The molecule has 2 heterocycles. The van der Waals surface area contributed by atoms with Crippen LogP contribution >= 0.6 is 51.7 Å². The van der Waals surface area contributed by atoms with Crippen molar-refractivity contribution in [2.24, 2.45) is 0 Å². The molecular formula is C56H53ClN6O2P2S2. The number of thiocarbonyl (C=S) groups is 2. The second kappa shape index (κ2) is 25.4. The molecule has 0 unspecified atom stereocenters. The number of anilines is 9. The molecule has 2 aliphatic heterocycles. The minimum absolute atomic E-state index is 0.231. The van der Waals surface area contributed by atoms with E-state index in [0.29, 0.717) is 18.3 Å². The summed E-state index contributed by atoms with van der Waals surface area (Å²) < 4.78 is 15.6. The van der Waals surface area contributed by atoms with E-state index in [2.05, 4.69) is 163 Å². The Hall–Kier alpha value is -6.19. The summed E-state index contributed by atoms with van der Waals surface area (Å²) in [6, 6.07) is 78.4. The van der Waals surface area contributed by atoms with Gasteiger partial charge in [0, 0.05) is 48.0 Å². The van der Waals surface area contributed by atoms with Crippen LogP contribution in [-0.4, -0.2) is 34.8 Å². The molecule has 0 aromatic heterocycles. The van der Waals surface area contributed by atoms with E-state index in [1.165, 1.54) is 5.56 Å². The number of para-hydroxylation sites is 9. The van der Waals surface area contributed by atoms with Gasteiger partial charge in [-0.25, -0.2) is 0 Å². The molecule has 0 aliphatic carbocycles. The number of benzene rings is 8. The average Bonchev–Trinajstić information content (AvgIpc) is 3.90. The van der Waals surface area contributed by atoms with Crippen molar-refractivity contribution < 1.29 is 9.63 Å². The quantitative estimate of drug-likeness (QED) is 0.0558. The first-order valence-corrected chi connectivity index (χ1v) is 26.9. The Morgan fingerprint density at radius 3 is 1.28 bits per heavy atom. The number of nitrogens with one attached hydrogen (secondary N) is 2. The molecule has 0 amide bonds. The topological polar surface area (TPSA) is 66.5 Å². The molecule has 0 saturated carbocycles. The van der Waals surface area contributed by atoms with Crippen LogP contribution in [0.2, 0.25) is 0 Å². The van der Waals surface area contributed by atoms with Crippen LogP contribution in [0, 0.1) is 0 Å². The van der Waals surface area contributed by atoms with Crippen LogP contribution in [0.5, 0.6) is 0 Å². The van der Waals surface area contributed by atoms with Crippen LogP contribution in [0.25, 0.3) is 0 Å².